The molecule has 188 valence electrons. The Morgan fingerprint density at radius 1 is 1.15 bits per heavy atom. The minimum Gasteiger partial charge on any atom is -0.381 e. The van der Waals surface area contributed by atoms with Gasteiger partial charge in [0.15, 0.2) is 0 Å². The van der Waals surface area contributed by atoms with E-state index in [-0.39, 0.29) is 29.7 Å². The Morgan fingerprint density at radius 3 is 2.36 bits per heavy atom. The highest BCUT2D eigenvalue weighted by molar-refractivity contribution is 5.92. The summed E-state index contributed by atoms with van der Waals surface area (Å²) >= 11 is 0. The summed E-state index contributed by atoms with van der Waals surface area (Å²) in [6.07, 6.45) is 4.14. The Kier molecular flexibility index (Phi) is 12.1. The van der Waals surface area contributed by atoms with E-state index >= 15 is 0 Å². The number of hydrazine groups is 1. The molecule has 0 aromatic heterocycles. The van der Waals surface area contributed by atoms with Crippen molar-refractivity contribution < 1.29 is 23.9 Å². The van der Waals surface area contributed by atoms with E-state index in [1.807, 2.05) is 13.8 Å². The molecule has 1 aliphatic heterocycles. The van der Waals surface area contributed by atoms with Crippen molar-refractivity contribution in [2.24, 2.45) is 11.8 Å². The number of ether oxygens (including phenoxy) is 1. The van der Waals surface area contributed by atoms with Crippen molar-refractivity contribution in [1.29, 1.82) is 0 Å². The minimum absolute atomic E-state index is 0.191. The van der Waals surface area contributed by atoms with E-state index in [1.165, 1.54) is 5.01 Å². The first-order chi connectivity index (χ1) is 15.6. The SMILES string of the molecule is C=CCCC(OC)C(C)C(=O)NC(C(=O)NC(C)C(=O)N1CCCC(C(=O)NC)N1)C(C)C. The molecular formula is C23H41N5O5. The molecule has 0 radical (unpaired) electrons. The van der Waals surface area contributed by atoms with Gasteiger partial charge in [-0.1, -0.05) is 26.8 Å². The standard InChI is InChI=1S/C23H41N5O5/c1-8-9-12-18(33-7)15(4)20(29)26-19(14(2)3)22(31)25-16(5)23(32)28-13-10-11-17(27-28)21(30)24-6/h8,14-19,27H,1,9-13H2,2-7H3,(H,24,30)(H,25,31)(H,26,29). The van der Waals surface area contributed by atoms with E-state index in [4.69, 9.17) is 4.74 Å². The lowest BCUT2D eigenvalue weighted by Crippen LogP contribution is -2.61. The number of rotatable bonds is 12. The molecule has 0 aliphatic carbocycles. The predicted molar refractivity (Wildman–Crippen MR) is 126 cm³/mol. The van der Waals surface area contributed by atoms with Crippen LogP contribution in [0.4, 0.5) is 0 Å². The zero-order valence-corrected chi connectivity index (χ0v) is 20.8. The number of nitrogens with one attached hydrogen (secondary N) is 4. The topological polar surface area (TPSA) is 129 Å². The molecule has 0 aromatic rings. The smallest absolute Gasteiger partial charge is 0.258 e. The lowest BCUT2D eigenvalue weighted by molar-refractivity contribution is -0.143. The minimum atomic E-state index is -0.830. The van der Waals surface area contributed by atoms with Gasteiger partial charge in [0.25, 0.3) is 5.91 Å². The van der Waals surface area contributed by atoms with Crippen LogP contribution in [0.3, 0.4) is 0 Å². The van der Waals surface area contributed by atoms with Gasteiger partial charge >= 0.3 is 0 Å². The van der Waals surface area contributed by atoms with E-state index < -0.39 is 30.0 Å². The summed E-state index contributed by atoms with van der Waals surface area (Å²) in [5, 5.41) is 9.47. The Bertz CT molecular complexity index is 699. The number of carbonyl (C=O) groups excluding carboxylic acids is 4. The van der Waals surface area contributed by atoms with Crippen LogP contribution in [0.15, 0.2) is 12.7 Å². The molecule has 33 heavy (non-hydrogen) atoms. The number of amides is 4. The highest BCUT2D eigenvalue weighted by atomic mass is 16.5. The van der Waals surface area contributed by atoms with Crippen molar-refractivity contribution in [3.63, 3.8) is 0 Å². The first-order valence-corrected chi connectivity index (χ1v) is 11.6. The summed E-state index contributed by atoms with van der Waals surface area (Å²) in [4.78, 5) is 50.5. The third-order valence-corrected chi connectivity index (χ3v) is 5.92. The highest BCUT2D eigenvalue weighted by Crippen LogP contribution is 2.15. The third kappa shape index (κ3) is 8.43. The van der Waals surface area contributed by atoms with Gasteiger partial charge in [0.05, 0.1) is 12.0 Å². The second-order valence-electron chi connectivity index (χ2n) is 8.82. The third-order valence-electron chi connectivity index (χ3n) is 5.92. The molecular weight excluding hydrogens is 426 g/mol. The summed E-state index contributed by atoms with van der Waals surface area (Å²) in [5.74, 6) is -1.91. The molecule has 1 rings (SSSR count). The van der Waals surface area contributed by atoms with Crippen LogP contribution in [0.2, 0.25) is 0 Å². The van der Waals surface area contributed by atoms with E-state index in [1.54, 1.807) is 34.1 Å². The van der Waals surface area contributed by atoms with Gasteiger partial charge in [0.2, 0.25) is 17.7 Å². The maximum Gasteiger partial charge on any atom is 0.258 e. The highest BCUT2D eigenvalue weighted by Gasteiger charge is 2.33. The second-order valence-corrected chi connectivity index (χ2v) is 8.82. The van der Waals surface area contributed by atoms with E-state index in [9.17, 15) is 19.2 Å². The molecule has 1 aliphatic rings. The van der Waals surface area contributed by atoms with Crippen LogP contribution in [-0.2, 0) is 23.9 Å². The number of likely N-dealkylation sites (N-methyl/N-ethyl adjacent to an activating group) is 1. The average molecular weight is 468 g/mol. The van der Waals surface area contributed by atoms with Gasteiger partial charge in [0.1, 0.15) is 18.1 Å². The second kappa shape index (κ2) is 13.9. The zero-order valence-electron chi connectivity index (χ0n) is 20.8. The maximum absolute atomic E-state index is 12.9. The number of methoxy groups -OCH3 is 1. The molecule has 4 N–H and O–H groups in total. The van der Waals surface area contributed by atoms with Crippen LogP contribution in [0.25, 0.3) is 0 Å². The Morgan fingerprint density at radius 2 is 1.82 bits per heavy atom. The Balaban J connectivity index is 2.75. The number of hydrogen-bond donors (Lipinski definition) is 4. The average Bonchev–Trinajstić information content (AvgIpc) is 2.81. The van der Waals surface area contributed by atoms with Gasteiger partial charge in [-0.15, -0.1) is 6.58 Å². The van der Waals surface area contributed by atoms with Gasteiger partial charge in [-0.05, 0) is 38.5 Å². The van der Waals surface area contributed by atoms with Gasteiger partial charge in [0, 0.05) is 20.7 Å². The van der Waals surface area contributed by atoms with Crippen LogP contribution in [0, 0.1) is 11.8 Å². The summed E-state index contributed by atoms with van der Waals surface area (Å²) in [6, 6.07) is -2.13. The molecule has 0 spiro atoms. The molecule has 1 fully saturated rings. The monoisotopic (exact) mass is 467 g/mol. The van der Waals surface area contributed by atoms with Crippen LogP contribution < -0.4 is 21.4 Å². The molecule has 0 bridgehead atoms. The van der Waals surface area contributed by atoms with Crippen LogP contribution in [0.5, 0.6) is 0 Å². The Labute approximate surface area is 197 Å². The molecule has 10 heteroatoms. The Hall–Kier alpha value is -2.46. The molecule has 10 nitrogen and oxygen atoms in total. The van der Waals surface area contributed by atoms with Crippen LogP contribution in [-0.4, -0.2) is 73.6 Å². The molecule has 4 amide bonds. The molecule has 0 saturated carbocycles. The number of hydrogen-bond acceptors (Lipinski definition) is 6. The predicted octanol–water partition coefficient (Wildman–Crippen LogP) is 0.491. The van der Waals surface area contributed by atoms with Gasteiger partial charge in [-0.25, -0.2) is 5.43 Å². The van der Waals surface area contributed by atoms with Gasteiger partial charge in [-0.2, -0.15) is 0 Å². The molecule has 1 heterocycles. The fourth-order valence-corrected chi connectivity index (χ4v) is 3.75. The normalized spacial score (nSPS) is 19.7. The largest absolute Gasteiger partial charge is 0.381 e. The van der Waals surface area contributed by atoms with Crippen molar-refractivity contribution in [2.45, 2.75) is 77.6 Å². The molecule has 5 unspecified atom stereocenters. The van der Waals surface area contributed by atoms with E-state index in [2.05, 4.69) is 28.0 Å². The summed E-state index contributed by atoms with van der Waals surface area (Å²) in [5.41, 5.74) is 2.92. The number of carbonyl (C=O) groups is 4. The van der Waals surface area contributed by atoms with Crippen molar-refractivity contribution in [2.75, 3.05) is 20.7 Å². The first kappa shape index (κ1) is 28.6. The van der Waals surface area contributed by atoms with Crippen LogP contribution >= 0.6 is 0 Å². The van der Waals surface area contributed by atoms with Crippen molar-refractivity contribution in [1.82, 2.24) is 26.4 Å². The van der Waals surface area contributed by atoms with Gasteiger partial charge < -0.3 is 20.7 Å². The van der Waals surface area contributed by atoms with E-state index in [0.717, 1.165) is 6.42 Å². The van der Waals surface area contributed by atoms with Crippen molar-refractivity contribution >= 4 is 23.6 Å². The van der Waals surface area contributed by atoms with Crippen LogP contribution in [0.1, 0.15) is 53.4 Å². The summed E-state index contributed by atoms with van der Waals surface area (Å²) in [7, 11) is 3.10. The lowest BCUT2D eigenvalue weighted by Gasteiger charge is -2.35. The van der Waals surface area contributed by atoms with E-state index in [0.29, 0.717) is 25.8 Å². The fraction of sp³-hybridized carbons (Fsp3) is 0.739. The molecule has 0 aromatic carbocycles. The zero-order chi connectivity index (χ0) is 25.1. The molecule has 1 saturated heterocycles. The fourth-order valence-electron chi connectivity index (χ4n) is 3.75. The molecule has 5 atom stereocenters. The number of allylic oxidation sites excluding steroid dienone is 1. The van der Waals surface area contributed by atoms with Gasteiger partial charge in [-0.3, -0.25) is 24.2 Å². The lowest BCUT2D eigenvalue weighted by atomic mass is 9.97. The maximum atomic E-state index is 12.9. The quantitative estimate of drug-likeness (QED) is 0.309. The van der Waals surface area contributed by atoms with Crippen molar-refractivity contribution in [3.8, 4) is 0 Å². The number of nitrogens with zero attached hydrogens (tertiary/aromatic N) is 1. The first-order valence-electron chi connectivity index (χ1n) is 11.6. The summed E-state index contributed by atoms with van der Waals surface area (Å²) in [6.45, 7) is 11.1. The summed E-state index contributed by atoms with van der Waals surface area (Å²) < 4.78 is 5.44. The van der Waals surface area contributed by atoms with Crippen molar-refractivity contribution in [3.05, 3.63) is 12.7 Å².